The zero-order valence-corrected chi connectivity index (χ0v) is 9.46. The fourth-order valence-electron chi connectivity index (χ4n) is 1.41. The molecule has 5 heteroatoms. The van der Waals surface area contributed by atoms with Crippen molar-refractivity contribution in [1.82, 2.24) is 0 Å². The summed E-state index contributed by atoms with van der Waals surface area (Å²) in [6.07, 6.45) is 1.01. The van der Waals surface area contributed by atoms with Crippen LogP contribution >= 0.6 is 11.8 Å². The number of benzene rings is 1. The molecule has 1 aliphatic heterocycles. The molecule has 4 nitrogen and oxygen atoms in total. The Balaban J connectivity index is 2.06. The van der Waals surface area contributed by atoms with E-state index in [1.165, 1.54) is 0 Å². The number of hydrogen-bond donors (Lipinski definition) is 2. The van der Waals surface area contributed by atoms with Gasteiger partial charge in [0.05, 0.1) is 11.3 Å². The molecular formula is C11H12N2O2S. The van der Waals surface area contributed by atoms with Crippen LogP contribution in [-0.4, -0.2) is 28.3 Å². The van der Waals surface area contributed by atoms with Crippen LogP contribution in [0.2, 0.25) is 0 Å². The number of hydrogen-bond acceptors (Lipinski definition) is 4. The molecule has 1 heterocycles. The first-order chi connectivity index (χ1) is 7.75. The lowest BCUT2D eigenvalue weighted by Crippen LogP contribution is -2.01. The Morgan fingerprint density at radius 2 is 2.38 bits per heavy atom. The molecule has 1 aliphatic rings. The summed E-state index contributed by atoms with van der Waals surface area (Å²) in [7, 11) is 0. The Morgan fingerprint density at radius 1 is 1.50 bits per heavy atom. The van der Waals surface area contributed by atoms with E-state index in [1.807, 2.05) is 11.8 Å². The molecule has 2 rings (SSSR count). The first-order valence-corrected chi connectivity index (χ1v) is 6.14. The van der Waals surface area contributed by atoms with Crippen molar-refractivity contribution in [2.45, 2.75) is 6.42 Å². The lowest BCUT2D eigenvalue weighted by Gasteiger charge is -2.02. The van der Waals surface area contributed by atoms with Crippen molar-refractivity contribution in [3.8, 4) is 0 Å². The van der Waals surface area contributed by atoms with Gasteiger partial charge in [-0.25, -0.2) is 4.79 Å². The summed E-state index contributed by atoms with van der Waals surface area (Å²) in [6, 6.07) is 6.65. The molecule has 0 radical (unpaired) electrons. The minimum absolute atomic E-state index is 0.269. The number of hydrazone groups is 1. The van der Waals surface area contributed by atoms with Crippen LogP contribution in [0.15, 0.2) is 29.4 Å². The molecular weight excluding hydrogens is 224 g/mol. The van der Waals surface area contributed by atoms with E-state index in [0.717, 1.165) is 23.6 Å². The molecule has 1 saturated heterocycles. The summed E-state index contributed by atoms with van der Waals surface area (Å²) in [5.74, 6) is 1.16. The zero-order chi connectivity index (χ0) is 11.4. The highest BCUT2D eigenvalue weighted by Crippen LogP contribution is 2.15. The van der Waals surface area contributed by atoms with E-state index in [1.54, 1.807) is 24.3 Å². The fraction of sp³-hybridized carbons (Fsp3) is 0.273. The molecule has 0 aliphatic carbocycles. The minimum Gasteiger partial charge on any atom is -0.478 e. The number of nitrogens with one attached hydrogen (secondary N) is 1. The standard InChI is InChI=1S/C11H12N2O2S/c14-11(15)8-2-1-3-9(6-8)12-13-10-4-5-16-7-10/h1-3,6,12H,4-5,7H2,(H,14,15)/b13-10+. The van der Waals surface area contributed by atoms with Crippen molar-refractivity contribution in [3.63, 3.8) is 0 Å². The van der Waals surface area contributed by atoms with Gasteiger partial charge in [0.15, 0.2) is 0 Å². The van der Waals surface area contributed by atoms with Gasteiger partial charge in [0.1, 0.15) is 0 Å². The summed E-state index contributed by atoms with van der Waals surface area (Å²) in [5, 5.41) is 13.1. The van der Waals surface area contributed by atoms with E-state index in [-0.39, 0.29) is 5.56 Å². The van der Waals surface area contributed by atoms with Gasteiger partial charge in [0, 0.05) is 11.5 Å². The number of thioether (sulfide) groups is 1. The summed E-state index contributed by atoms with van der Waals surface area (Å²) in [6.45, 7) is 0. The van der Waals surface area contributed by atoms with Gasteiger partial charge in [-0.1, -0.05) is 6.07 Å². The molecule has 16 heavy (non-hydrogen) atoms. The first-order valence-electron chi connectivity index (χ1n) is 4.98. The Hall–Kier alpha value is -1.49. The Labute approximate surface area is 97.7 Å². The lowest BCUT2D eigenvalue weighted by atomic mass is 10.2. The van der Waals surface area contributed by atoms with Gasteiger partial charge < -0.3 is 5.11 Å². The molecule has 0 atom stereocenters. The van der Waals surface area contributed by atoms with Crippen LogP contribution in [0.1, 0.15) is 16.8 Å². The van der Waals surface area contributed by atoms with Crippen molar-refractivity contribution in [1.29, 1.82) is 0 Å². The maximum absolute atomic E-state index is 10.7. The fourth-order valence-corrected chi connectivity index (χ4v) is 2.37. The number of aromatic carboxylic acids is 1. The summed E-state index contributed by atoms with van der Waals surface area (Å²) >= 11 is 1.86. The summed E-state index contributed by atoms with van der Waals surface area (Å²) in [4.78, 5) is 10.7. The second-order valence-electron chi connectivity index (χ2n) is 3.48. The number of carboxylic acid groups (broad SMARTS) is 1. The Kier molecular flexibility index (Phi) is 3.46. The third-order valence-electron chi connectivity index (χ3n) is 2.26. The average molecular weight is 236 g/mol. The number of nitrogens with zero attached hydrogens (tertiary/aromatic N) is 1. The third kappa shape index (κ3) is 2.76. The van der Waals surface area contributed by atoms with Crippen molar-refractivity contribution < 1.29 is 9.90 Å². The molecule has 1 aromatic rings. The summed E-state index contributed by atoms with van der Waals surface area (Å²) in [5.41, 5.74) is 5.01. The Bertz CT molecular complexity index is 424. The third-order valence-corrected chi connectivity index (χ3v) is 3.29. The topological polar surface area (TPSA) is 61.7 Å². The van der Waals surface area contributed by atoms with Crippen LogP contribution < -0.4 is 5.43 Å². The predicted octanol–water partition coefficient (Wildman–Crippen LogP) is 2.29. The van der Waals surface area contributed by atoms with Crippen LogP contribution in [0.3, 0.4) is 0 Å². The molecule has 0 spiro atoms. The number of carboxylic acids is 1. The molecule has 1 fully saturated rings. The van der Waals surface area contributed by atoms with Gasteiger partial charge in [0.25, 0.3) is 0 Å². The number of anilines is 1. The normalized spacial score (nSPS) is 17.6. The van der Waals surface area contributed by atoms with E-state index in [9.17, 15) is 4.79 Å². The number of carbonyl (C=O) groups is 1. The smallest absolute Gasteiger partial charge is 0.335 e. The van der Waals surface area contributed by atoms with Gasteiger partial charge in [-0.05, 0) is 30.4 Å². The van der Waals surface area contributed by atoms with Gasteiger partial charge in [0.2, 0.25) is 0 Å². The summed E-state index contributed by atoms with van der Waals surface area (Å²) < 4.78 is 0. The highest BCUT2D eigenvalue weighted by molar-refractivity contribution is 8.00. The van der Waals surface area contributed by atoms with Gasteiger partial charge in [-0.3, -0.25) is 5.43 Å². The Morgan fingerprint density at radius 3 is 3.06 bits per heavy atom. The van der Waals surface area contributed by atoms with Crippen LogP contribution in [-0.2, 0) is 0 Å². The molecule has 0 unspecified atom stereocenters. The second-order valence-corrected chi connectivity index (χ2v) is 4.58. The van der Waals surface area contributed by atoms with Gasteiger partial charge >= 0.3 is 5.97 Å². The second kappa shape index (κ2) is 5.03. The zero-order valence-electron chi connectivity index (χ0n) is 8.64. The van der Waals surface area contributed by atoms with Crippen molar-refractivity contribution in [2.75, 3.05) is 16.9 Å². The molecule has 84 valence electrons. The molecule has 0 amide bonds. The van der Waals surface area contributed by atoms with E-state index in [0.29, 0.717) is 5.69 Å². The molecule has 0 aromatic heterocycles. The highest BCUT2D eigenvalue weighted by atomic mass is 32.2. The minimum atomic E-state index is -0.923. The molecule has 1 aromatic carbocycles. The number of rotatable bonds is 3. The average Bonchev–Trinajstić information content (AvgIpc) is 2.79. The first kappa shape index (κ1) is 11.0. The van der Waals surface area contributed by atoms with Crippen molar-refractivity contribution in [3.05, 3.63) is 29.8 Å². The van der Waals surface area contributed by atoms with Gasteiger partial charge in [-0.15, -0.1) is 0 Å². The van der Waals surface area contributed by atoms with Crippen LogP contribution in [0.5, 0.6) is 0 Å². The van der Waals surface area contributed by atoms with E-state index in [2.05, 4.69) is 10.5 Å². The van der Waals surface area contributed by atoms with Crippen molar-refractivity contribution >= 4 is 29.1 Å². The van der Waals surface area contributed by atoms with E-state index in [4.69, 9.17) is 5.11 Å². The van der Waals surface area contributed by atoms with Crippen molar-refractivity contribution in [2.24, 2.45) is 5.10 Å². The largest absolute Gasteiger partial charge is 0.478 e. The quantitative estimate of drug-likeness (QED) is 0.790. The monoisotopic (exact) mass is 236 g/mol. The van der Waals surface area contributed by atoms with Crippen LogP contribution in [0.4, 0.5) is 5.69 Å². The molecule has 0 saturated carbocycles. The van der Waals surface area contributed by atoms with Gasteiger partial charge in [-0.2, -0.15) is 16.9 Å². The van der Waals surface area contributed by atoms with E-state index < -0.39 is 5.97 Å². The molecule has 0 bridgehead atoms. The lowest BCUT2D eigenvalue weighted by molar-refractivity contribution is 0.0697. The maximum atomic E-state index is 10.7. The van der Waals surface area contributed by atoms with E-state index >= 15 is 0 Å². The molecule has 2 N–H and O–H groups in total. The predicted molar refractivity (Wildman–Crippen MR) is 66.4 cm³/mol. The maximum Gasteiger partial charge on any atom is 0.335 e. The SMILES string of the molecule is O=C(O)c1cccc(N/N=C2\CCSC2)c1. The van der Waals surface area contributed by atoms with Crippen LogP contribution in [0.25, 0.3) is 0 Å². The highest BCUT2D eigenvalue weighted by Gasteiger charge is 2.08. The van der Waals surface area contributed by atoms with Crippen LogP contribution in [0, 0.1) is 0 Å².